The van der Waals surface area contributed by atoms with E-state index in [4.69, 9.17) is 0 Å². The summed E-state index contributed by atoms with van der Waals surface area (Å²) in [5, 5.41) is 28.5. The van der Waals surface area contributed by atoms with Gasteiger partial charge in [0.05, 0.1) is 12.5 Å². The number of piperidine rings is 2. The maximum Gasteiger partial charge on any atom is 0.211 e. The minimum atomic E-state index is -3.78. The number of hydrogen-bond donors (Lipinski definition) is 4. The van der Waals surface area contributed by atoms with Crippen molar-refractivity contribution in [3.63, 3.8) is 0 Å². The third-order valence-corrected chi connectivity index (χ3v) is 18.1. The summed E-state index contributed by atoms with van der Waals surface area (Å²) in [6, 6.07) is 17.9. The standard InChI is InChI=1S/C55H66F2N6O9S2/c1-33-41(19-9-21-43(33)56)45-47(49(37-15-11-23-58-31-37)62(27-25-60(3)73(5,69)70)51(45)53(66)35-13-7-17-39(64)29-35)55(68)48-46(42-20-10-22-44(57)34(42)2)52(54(67)36-14-8-18-40(65)30-36)63(28-26-61(4)74(6,71)72)50(48)38-16-12-24-59-32-38/h7-10,13-14,17-22,29-30,37-38,45-46,51-52,58-59,64-65H,11-12,15-16,23-28,31-32H2,1-6H3/t37?,38?,45-,46-,51-,52-/m0/s1. The van der Waals surface area contributed by atoms with E-state index in [2.05, 4.69) is 10.6 Å². The Balaban J connectivity index is 1.50. The monoisotopic (exact) mass is 1060 g/mol. The van der Waals surface area contributed by atoms with E-state index in [1.54, 1.807) is 47.9 Å². The molecule has 4 N–H and O–H groups in total. The number of nitrogens with zero attached hydrogens (tertiary/aromatic N) is 4. The lowest BCUT2D eigenvalue weighted by molar-refractivity contribution is -0.112. The first kappa shape index (κ1) is 54.4. The second-order valence-corrected chi connectivity index (χ2v) is 24.3. The van der Waals surface area contributed by atoms with Gasteiger partial charge in [0, 0.05) is 111 Å². The number of carbonyl (C=O) groups is 3. The third-order valence-electron chi connectivity index (χ3n) is 15.5. The highest BCUT2D eigenvalue weighted by atomic mass is 32.2. The Hall–Kier alpha value is -5.83. The molecule has 0 spiro atoms. The number of hydrogen-bond acceptors (Lipinski definition) is 13. The van der Waals surface area contributed by atoms with Crippen molar-refractivity contribution >= 4 is 37.4 Å². The molecule has 4 aromatic carbocycles. The average Bonchev–Trinajstić information content (AvgIpc) is 3.89. The molecule has 8 rings (SSSR count). The van der Waals surface area contributed by atoms with Gasteiger partial charge in [-0.05, 0) is 111 Å². The summed E-state index contributed by atoms with van der Waals surface area (Å²) in [7, 11) is -4.72. The van der Waals surface area contributed by atoms with Gasteiger partial charge < -0.3 is 30.6 Å². The molecule has 2 saturated heterocycles. The molecule has 0 saturated carbocycles. The Morgan fingerprint density at radius 3 is 1.34 bits per heavy atom. The van der Waals surface area contributed by atoms with Crippen molar-refractivity contribution in [2.45, 2.75) is 63.5 Å². The van der Waals surface area contributed by atoms with E-state index >= 15 is 23.2 Å². The van der Waals surface area contributed by atoms with Crippen molar-refractivity contribution in [2.24, 2.45) is 11.8 Å². The lowest BCUT2D eigenvalue weighted by Gasteiger charge is -2.36. The fraction of sp³-hybridized carbons (Fsp3) is 0.436. The molecule has 396 valence electrons. The fourth-order valence-corrected chi connectivity index (χ4v) is 12.3. The molecule has 6 atom stereocenters. The van der Waals surface area contributed by atoms with Crippen LogP contribution in [0, 0.1) is 37.3 Å². The first-order chi connectivity index (χ1) is 35.1. The van der Waals surface area contributed by atoms with E-state index in [0.29, 0.717) is 74.4 Å². The highest BCUT2D eigenvalue weighted by Crippen LogP contribution is 2.54. The van der Waals surface area contributed by atoms with Crippen LogP contribution in [0.25, 0.3) is 0 Å². The number of sulfonamides is 2. The Morgan fingerprint density at radius 2 is 1.00 bits per heavy atom. The van der Waals surface area contributed by atoms with E-state index < -0.39 is 84.8 Å². The topological polar surface area (TPSA) is 197 Å². The normalized spacial score (nSPS) is 22.8. The van der Waals surface area contributed by atoms with Crippen molar-refractivity contribution in [3.8, 4) is 11.5 Å². The molecule has 19 heteroatoms. The number of rotatable bonds is 18. The van der Waals surface area contributed by atoms with Crippen molar-refractivity contribution in [2.75, 3.05) is 79.0 Å². The lowest BCUT2D eigenvalue weighted by Crippen LogP contribution is -2.46. The number of nitrogens with one attached hydrogen (secondary N) is 2. The predicted octanol–water partition coefficient (Wildman–Crippen LogP) is 5.85. The predicted molar refractivity (Wildman–Crippen MR) is 279 cm³/mol. The third kappa shape index (κ3) is 11.0. The first-order valence-electron chi connectivity index (χ1n) is 25.1. The molecule has 2 unspecified atom stereocenters. The SMILES string of the molecule is Cc1c(F)cccc1[C@H]1C(C(=O)C2=C(C3CCCNC3)N(CCN(C)S(C)(=O)=O)[C@H](C(=O)c3cccc(O)c3)[C@H]2c2cccc(F)c2C)=C(C2CCCNC2)N(CCN(C)S(C)(=O)=O)[C@@H]1C(=O)c1cccc(O)c1. The number of phenolic OH excluding ortho intramolecular Hbond substituents is 2. The van der Waals surface area contributed by atoms with E-state index in [-0.39, 0.29) is 71.1 Å². The molecule has 4 aliphatic heterocycles. The summed E-state index contributed by atoms with van der Waals surface area (Å²) in [5.74, 6) is -6.67. The molecular formula is C55H66F2N6O9S2. The van der Waals surface area contributed by atoms with Gasteiger partial charge in [0.1, 0.15) is 35.2 Å². The van der Waals surface area contributed by atoms with Gasteiger partial charge in [-0.25, -0.2) is 34.2 Å². The minimum Gasteiger partial charge on any atom is -0.508 e. The van der Waals surface area contributed by atoms with Crippen molar-refractivity contribution in [1.29, 1.82) is 0 Å². The summed E-state index contributed by atoms with van der Waals surface area (Å²) in [4.78, 5) is 52.4. The van der Waals surface area contributed by atoms with Crippen molar-refractivity contribution < 1.29 is 50.2 Å². The highest BCUT2D eigenvalue weighted by molar-refractivity contribution is 7.88. The van der Waals surface area contributed by atoms with Crippen molar-refractivity contribution in [1.82, 2.24) is 29.0 Å². The van der Waals surface area contributed by atoms with Crippen LogP contribution in [0.1, 0.15) is 80.5 Å². The summed E-state index contributed by atoms with van der Waals surface area (Å²) < 4.78 is 87.2. The molecule has 0 amide bonds. The maximum absolute atomic E-state index is 17.4. The Labute approximate surface area is 433 Å². The Morgan fingerprint density at radius 1 is 0.622 bits per heavy atom. The van der Waals surface area contributed by atoms with Crippen LogP contribution >= 0.6 is 0 Å². The number of carbonyl (C=O) groups excluding carboxylic acids is 3. The molecule has 4 aliphatic rings. The Kier molecular flexibility index (Phi) is 16.3. The van der Waals surface area contributed by atoms with Crippen LogP contribution < -0.4 is 10.6 Å². The van der Waals surface area contributed by atoms with Crippen LogP contribution in [0.3, 0.4) is 0 Å². The number of ketones is 3. The molecule has 0 bridgehead atoms. The largest absolute Gasteiger partial charge is 0.508 e. The molecule has 74 heavy (non-hydrogen) atoms. The van der Waals surface area contributed by atoms with Crippen LogP contribution in [0.2, 0.25) is 0 Å². The molecule has 4 heterocycles. The smallest absolute Gasteiger partial charge is 0.211 e. The summed E-state index contributed by atoms with van der Waals surface area (Å²) in [5.41, 5.74) is 2.24. The summed E-state index contributed by atoms with van der Waals surface area (Å²) >= 11 is 0. The van der Waals surface area contributed by atoms with Crippen molar-refractivity contribution in [3.05, 3.63) is 152 Å². The number of Topliss-reactive ketones (excluding diaryl/α,β-unsaturated/α-hetero) is 3. The van der Waals surface area contributed by atoms with E-state index in [1.165, 1.54) is 74.8 Å². The van der Waals surface area contributed by atoms with Gasteiger partial charge in [-0.2, -0.15) is 0 Å². The zero-order valence-corrected chi connectivity index (χ0v) is 44.3. The number of phenols is 2. The first-order valence-corrected chi connectivity index (χ1v) is 28.8. The van der Waals surface area contributed by atoms with Crippen LogP contribution in [0.4, 0.5) is 8.78 Å². The van der Waals surface area contributed by atoms with Gasteiger partial charge in [-0.15, -0.1) is 0 Å². The lowest BCUT2D eigenvalue weighted by atomic mass is 9.73. The number of halogens is 2. The molecule has 0 aliphatic carbocycles. The van der Waals surface area contributed by atoms with E-state index in [9.17, 15) is 27.0 Å². The maximum atomic E-state index is 17.4. The highest BCUT2D eigenvalue weighted by Gasteiger charge is 2.56. The zero-order valence-electron chi connectivity index (χ0n) is 42.6. The molecule has 15 nitrogen and oxygen atoms in total. The number of likely N-dealkylation sites (N-methyl/N-ethyl adjacent to an activating group) is 2. The molecular weight excluding hydrogens is 991 g/mol. The average molecular weight is 1060 g/mol. The van der Waals surface area contributed by atoms with Gasteiger partial charge >= 0.3 is 0 Å². The molecule has 0 aromatic heterocycles. The molecule has 2 fully saturated rings. The second-order valence-electron chi connectivity index (χ2n) is 20.2. The van der Waals surface area contributed by atoms with Gasteiger partial charge in [0.15, 0.2) is 17.3 Å². The summed E-state index contributed by atoms with van der Waals surface area (Å²) in [6.07, 6.45) is 4.53. The van der Waals surface area contributed by atoms with E-state index in [0.717, 1.165) is 21.1 Å². The van der Waals surface area contributed by atoms with Gasteiger partial charge in [-0.1, -0.05) is 48.5 Å². The molecule has 0 radical (unpaired) electrons. The zero-order chi connectivity index (χ0) is 53.4. The van der Waals surface area contributed by atoms with Crippen LogP contribution in [-0.4, -0.2) is 154 Å². The minimum absolute atomic E-state index is 0.0885. The van der Waals surface area contributed by atoms with Gasteiger partial charge in [0.2, 0.25) is 20.0 Å². The summed E-state index contributed by atoms with van der Waals surface area (Å²) in [6.45, 7) is 4.70. The van der Waals surface area contributed by atoms with Crippen LogP contribution in [0.15, 0.2) is 107 Å². The second kappa shape index (κ2) is 22.2. The number of aromatic hydroxyl groups is 2. The van der Waals surface area contributed by atoms with Gasteiger partial charge in [-0.3, -0.25) is 14.4 Å². The molecule has 4 aromatic rings. The van der Waals surface area contributed by atoms with Crippen LogP contribution in [-0.2, 0) is 24.8 Å². The number of benzene rings is 4. The quantitative estimate of drug-likeness (QED) is 0.0867. The Bertz CT molecular complexity index is 2910. The van der Waals surface area contributed by atoms with Crippen LogP contribution in [0.5, 0.6) is 11.5 Å². The van der Waals surface area contributed by atoms with Gasteiger partial charge in [0.25, 0.3) is 0 Å². The van der Waals surface area contributed by atoms with E-state index in [1.807, 2.05) is 0 Å². The fourth-order valence-electron chi connectivity index (χ4n) is 11.5.